The van der Waals surface area contributed by atoms with E-state index in [0.717, 1.165) is 25.4 Å². The molecule has 1 saturated carbocycles. The molecular formula is C18H29NO5S2. The second-order valence-electron chi connectivity index (χ2n) is 7.28. The van der Waals surface area contributed by atoms with Crippen LogP contribution in [0.1, 0.15) is 33.6 Å². The van der Waals surface area contributed by atoms with Gasteiger partial charge in [-0.05, 0) is 31.0 Å². The molecule has 0 unspecified atom stereocenters. The van der Waals surface area contributed by atoms with E-state index in [0.29, 0.717) is 5.69 Å². The van der Waals surface area contributed by atoms with Gasteiger partial charge in [-0.15, -0.1) is 0 Å². The van der Waals surface area contributed by atoms with Crippen LogP contribution in [0.3, 0.4) is 0 Å². The van der Waals surface area contributed by atoms with E-state index >= 15 is 0 Å². The first-order valence-corrected chi connectivity index (χ1v) is 12.5. The van der Waals surface area contributed by atoms with E-state index < -0.39 is 19.7 Å². The van der Waals surface area contributed by atoms with Crippen LogP contribution in [0.5, 0.6) is 0 Å². The van der Waals surface area contributed by atoms with Crippen LogP contribution in [0.2, 0.25) is 0 Å². The third-order valence-corrected chi connectivity index (χ3v) is 8.10. The summed E-state index contributed by atoms with van der Waals surface area (Å²) in [5.74, 6) is 0.210. The van der Waals surface area contributed by atoms with E-state index in [1.54, 1.807) is 13.2 Å². The summed E-state index contributed by atoms with van der Waals surface area (Å²) in [7, 11) is -5.37. The van der Waals surface area contributed by atoms with Crippen LogP contribution in [0, 0.1) is 11.3 Å². The van der Waals surface area contributed by atoms with Crippen LogP contribution in [-0.2, 0) is 24.4 Å². The Balaban J connectivity index is 2.50. The molecule has 1 aromatic carbocycles. The Morgan fingerprint density at radius 3 is 2.08 bits per heavy atom. The molecule has 0 amide bonds. The molecule has 1 aliphatic rings. The number of rotatable bonds is 7. The van der Waals surface area contributed by atoms with Gasteiger partial charge in [-0.1, -0.05) is 20.8 Å². The molecule has 1 aliphatic carbocycles. The third-order valence-electron chi connectivity index (χ3n) is 5.85. The lowest BCUT2D eigenvalue weighted by atomic mass is 9.53. The van der Waals surface area contributed by atoms with Crippen molar-refractivity contribution < 1.29 is 21.6 Å². The molecule has 8 heteroatoms. The van der Waals surface area contributed by atoms with Crippen molar-refractivity contribution in [3.05, 3.63) is 18.2 Å². The fraction of sp³-hybridized carbons (Fsp3) is 0.667. The number of nitrogens with one attached hydrogen (secondary N) is 1. The maximum Gasteiger partial charge on any atom is 0.177 e. The van der Waals surface area contributed by atoms with Gasteiger partial charge in [-0.3, -0.25) is 0 Å². The minimum absolute atomic E-state index is 0.00264. The zero-order chi connectivity index (χ0) is 19.9. The molecule has 0 radical (unpaired) electrons. The summed E-state index contributed by atoms with van der Waals surface area (Å²) in [6, 6.07) is 4.29. The van der Waals surface area contributed by atoms with E-state index in [2.05, 4.69) is 26.1 Å². The summed E-state index contributed by atoms with van der Waals surface area (Å²) in [6.07, 6.45) is 4.07. The third kappa shape index (κ3) is 3.51. The van der Waals surface area contributed by atoms with Crippen LogP contribution >= 0.6 is 0 Å². The number of methoxy groups -OCH3 is 1. The SMILES string of the molecule is CCC1(CC)[C@H](Nc2ccc(S(C)(=O)=O)cc2S(C)(=O)=O)[C@@H](C)[C@@H]1OC. The van der Waals surface area contributed by atoms with Gasteiger partial charge in [0.25, 0.3) is 0 Å². The van der Waals surface area contributed by atoms with Crippen LogP contribution in [0.4, 0.5) is 5.69 Å². The van der Waals surface area contributed by atoms with Crippen LogP contribution in [0.25, 0.3) is 0 Å². The number of hydrogen-bond donors (Lipinski definition) is 1. The first kappa shape index (κ1) is 21.2. The lowest BCUT2D eigenvalue weighted by Crippen LogP contribution is -2.66. The Labute approximate surface area is 157 Å². The minimum Gasteiger partial charge on any atom is -0.380 e. The highest BCUT2D eigenvalue weighted by Gasteiger charge is 2.58. The standard InChI is InChI=1S/C18H29NO5S2/c1-7-18(8-2)16(12(3)17(18)24-4)19-14-10-9-13(25(5,20)21)11-15(14)26(6,22)23/h9-12,16-17,19H,7-8H2,1-6H3/t12-,16-,17+/m1/s1. The predicted octanol–water partition coefficient (Wildman–Crippen LogP) is 2.75. The molecule has 2 rings (SSSR count). The minimum atomic E-state index is -3.59. The summed E-state index contributed by atoms with van der Waals surface area (Å²) >= 11 is 0. The van der Waals surface area contributed by atoms with Crippen molar-refractivity contribution in [1.29, 1.82) is 0 Å². The van der Waals surface area contributed by atoms with Crippen LogP contribution in [-0.4, -0.2) is 48.6 Å². The topological polar surface area (TPSA) is 89.5 Å². The molecule has 6 nitrogen and oxygen atoms in total. The number of ether oxygens (including phenoxy) is 1. The first-order valence-electron chi connectivity index (χ1n) is 8.75. The van der Waals surface area contributed by atoms with E-state index in [1.165, 1.54) is 12.1 Å². The molecule has 0 spiro atoms. The molecule has 26 heavy (non-hydrogen) atoms. The quantitative estimate of drug-likeness (QED) is 0.753. The molecule has 1 fully saturated rings. The van der Waals surface area contributed by atoms with Crippen molar-refractivity contribution in [3.8, 4) is 0 Å². The summed E-state index contributed by atoms with van der Waals surface area (Å²) < 4.78 is 53.8. The summed E-state index contributed by atoms with van der Waals surface area (Å²) in [4.78, 5) is 0.00625. The van der Waals surface area contributed by atoms with Gasteiger partial charge < -0.3 is 10.1 Å². The zero-order valence-corrected chi connectivity index (χ0v) is 17.9. The second-order valence-corrected chi connectivity index (χ2v) is 11.3. The molecular weight excluding hydrogens is 374 g/mol. The Hall–Kier alpha value is -1.12. The Bertz CT molecular complexity index is 873. The summed E-state index contributed by atoms with van der Waals surface area (Å²) in [5, 5.41) is 3.39. The van der Waals surface area contributed by atoms with Crippen LogP contribution < -0.4 is 5.32 Å². The molecule has 0 aliphatic heterocycles. The van der Waals surface area contributed by atoms with Gasteiger partial charge in [0.1, 0.15) is 0 Å². The lowest BCUT2D eigenvalue weighted by molar-refractivity contribution is -0.150. The highest BCUT2D eigenvalue weighted by molar-refractivity contribution is 7.91. The monoisotopic (exact) mass is 403 g/mol. The molecule has 148 valence electrons. The largest absolute Gasteiger partial charge is 0.380 e. The number of anilines is 1. The summed E-state index contributed by atoms with van der Waals surface area (Å²) in [5.41, 5.74) is 0.357. The molecule has 1 aromatic rings. The van der Waals surface area contributed by atoms with Gasteiger partial charge >= 0.3 is 0 Å². The fourth-order valence-corrected chi connectivity index (χ4v) is 6.01. The lowest BCUT2D eigenvalue weighted by Gasteiger charge is -2.60. The van der Waals surface area contributed by atoms with Crippen molar-refractivity contribution in [2.24, 2.45) is 11.3 Å². The van der Waals surface area contributed by atoms with E-state index in [-0.39, 0.29) is 33.3 Å². The normalized spacial score (nSPS) is 25.5. The number of sulfone groups is 2. The van der Waals surface area contributed by atoms with Crippen molar-refractivity contribution >= 4 is 25.4 Å². The molecule has 0 heterocycles. The Morgan fingerprint density at radius 2 is 1.65 bits per heavy atom. The average molecular weight is 404 g/mol. The van der Waals surface area contributed by atoms with Crippen LogP contribution in [0.15, 0.2) is 28.0 Å². The van der Waals surface area contributed by atoms with Gasteiger partial charge in [0, 0.05) is 37.0 Å². The van der Waals surface area contributed by atoms with Crippen molar-refractivity contribution in [2.45, 2.75) is 55.5 Å². The van der Waals surface area contributed by atoms with E-state index in [4.69, 9.17) is 4.74 Å². The van der Waals surface area contributed by atoms with Gasteiger partial charge in [0.2, 0.25) is 0 Å². The van der Waals surface area contributed by atoms with Crippen molar-refractivity contribution in [2.75, 3.05) is 24.9 Å². The summed E-state index contributed by atoms with van der Waals surface area (Å²) in [6.45, 7) is 6.31. The van der Waals surface area contributed by atoms with Gasteiger partial charge in [-0.2, -0.15) is 0 Å². The fourth-order valence-electron chi connectivity index (χ4n) is 4.42. The van der Waals surface area contributed by atoms with E-state index in [9.17, 15) is 16.8 Å². The highest BCUT2D eigenvalue weighted by atomic mass is 32.2. The van der Waals surface area contributed by atoms with E-state index in [1.807, 2.05) is 0 Å². The molecule has 0 saturated heterocycles. The maximum absolute atomic E-state index is 12.3. The molecule has 3 atom stereocenters. The molecule has 0 bridgehead atoms. The first-order chi connectivity index (χ1) is 11.9. The molecule has 1 N–H and O–H groups in total. The smallest absolute Gasteiger partial charge is 0.177 e. The average Bonchev–Trinajstić information content (AvgIpc) is 2.55. The zero-order valence-electron chi connectivity index (χ0n) is 16.2. The number of benzene rings is 1. The predicted molar refractivity (Wildman–Crippen MR) is 103 cm³/mol. The van der Waals surface area contributed by atoms with Gasteiger partial charge in [0.15, 0.2) is 19.7 Å². The van der Waals surface area contributed by atoms with Gasteiger partial charge in [-0.25, -0.2) is 16.8 Å². The Kier molecular flexibility index (Phi) is 5.81. The molecule has 0 aromatic heterocycles. The highest BCUT2D eigenvalue weighted by Crippen LogP contribution is 2.53. The van der Waals surface area contributed by atoms with Crippen molar-refractivity contribution in [3.63, 3.8) is 0 Å². The van der Waals surface area contributed by atoms with Gasteiger partial charge in [0.05, 0.1) is 21.6 Å². The Morgan fingerprint density at radius 1 is 1.08 bits per heavy atom. The van der Waals surface area contributed by atoms with Crippen molar-refractivity contribution in [1.82, 2.24) is 0 Å². The maximum atomic E-state index is 12.3. The number of hydrogen-bond acceptors (Lipinski definition) is 6. The second kappa shape index (κ2) is 7.13.